The number of methoxy groups -OCH3 is 2. The van der Waals surface area contributed by atoms with Crippen molar-refractivity contribution in [3.63, 3.8) is 0 Å². The van der Waals surface area contributed by atoms with Crippen molar-refractivity contribution in [2.45, 2.75) is 0 Å². The van der Waals surface area contributed by atoms with Gasteiger partial charge in [0.2, 0.25) is 0 Å². The Morgan fingerprint density at radius 3 is 2.60 bits per heavy atom. The lowest BCUT2D eigenvalue weighted by Crippen LogP contribution is -1.95. The molecule has 1 aromatic carbocycles. The molecule has 0 amide bonds. The average molecular weight is 222 g/mol. The molecule has 1 aliphatic heterocycles. The average Bonchev–Trinajstić information content (AvgIpc) is 2.81. The largest absolute Gasteiger partial charge is 0.493 e. The summed E-state index contributed by atoms with van der Waals surface area (Å²) < 4.78 is 10.4. The van der Waals surface area contributed by atoms with Gasteiger partial charge in [0.05, 0.1) is 25.8 Å². The van der Waals surface area contributed by atoms with E-state index in [1.54, 1.807) is 26.0 Å². The first-order valence-corrected chi connectivity index (χ1v) is 5.58. The Morgan fingerprint density at radius 2 is 2.00 bits per heavy atom. The van der Waals surface area contributed by atoms with Crippen molar-refractivity contribution < 1.29 is 9.47 Å². The van der Waals surface area contributed by atoms with E-state index in [-0.39, 0.29) is 0 Å². The van der Waals surface area contributed by atoms with E-state index in [2.05, 4.69) is 4.99 Å². The molecular formula is C11H12NO2S. The number of nitrogens with zero attached hydrogens (tertiary/aromatic N) is 1. The zero-order valence-electron chi connectivity index (χ0n) is 8.69. The van der Waals surface area contributed by atoms with Gasteiger partial charge in [0.1, 0.15) is 0 Å². The highest BCUT2D eigenvalue weighted by atomic mass is 32.2. The van der Waals surface area contributed by atoms with Crippen molar-refractivity contribution in [2.24, 2.45) is 4.99 Å². The summed E-state index contributed by atoms with van der Waals surface area (Å²) in [5.74, 6) is 2.43. The topological polar surface area (TPSA) is 30.8 Å². The smallest absolute Gasteiger partial charge is 0.161 e. The summed E-state index contributed by atoms with van der Waals surface area (Å²) in [6.07, 6.45) is 0. The molecule has 15 heavy (non-hydrogen) atoms. The Labute approximate surface area is 93.5 Å². The molecule has 1 heterocycles. The summed E-state index contributed by atoms with van der Waals surface area (Å²) >= 11 is 1.73. The maximum atomic E-state index is 5.24. The third kappa shape index (κ3) is 2.09. The van der Waals surface area contributed by atoms with Crippen LogP contribution in [0.2, 0.25) is 0 Å². The minimum atomic E-state index is 0.741. The number of hydrogen-bond acceptors (Lipinski definition) is 4. The fraction of sp³-hybridized carbons (Fsp3) is 0.273. The monoisotopic (exact) mass is 222 g/mol. The summed E-state index contributed by atoms with van der Waals surface area (Å²) in [7, 11) is 3.27. The van der Waals surface area contributed by atoms with Crippen molar-refractivity contribution in [3.8, 4) is 11.5 Å². The lowest BCUT2D eigenvalue weighted by molar-refractivity contribution is 0.355. The van der Waals surface area contributed by atoms with Gasteiger partial charge in [-0.3, -0.25) is 4.99 Å². The molecule has 0 bridgehead atoms. The van der Waals surface area contributed by atoms with Gasteiger partial charge in [-0.25, -0.2) is 0 Å². The van der Waals surface area contributed by atoms with Gasteiger partial charge in [-0.15, -0.1) is 11.8 Å². The number of ether oxygens (including phenoxy) is 2. The number of aliphatic imine (C=N–C) groups is 1. The third-order valence-corrected chi connectivity index (χ3v) is 3.06. The van der Waals surface area contributed by atoms with E-state index < -0.39 is 0 Å². The molecule has 0 aromatic heterocycles. The van der Waals surface area contributed by atoms with Crippen molar-refractivity contribution in [1.82, 2.24) is 0 Å². The van der Waals surface area contributed by atoms with Crippen LogP contribution in [0.3, 0.4) is 0 Å². The minimum absolute atomic E-state index is 0.741. The highest BCUT2D eigenvalue weighted by Gasteiger charge is 2.12. The molecule has 0 unspecified atom stereocenters. The molecule has 0 N–H and O–H groups in total. The first-order chi connectivity index (χ1) is 7.35. The van der Waals surface area contributed by atoms with Crippen LogP contribution in [-0.4, -0.2) is 25.0 Å². The molecule has 2 rings (SSSR count). The fourth-order valence-electron chi connectivity index (χ4n) is 1.40. The van der Waals surface area contributed by atoms with E-state index in [0.29, 0.717) is 0 Å². The molecule has 0 saturated carbocycles. The van der Waals surface area contributed by atoms with Crippen LogP contribution in [0, 0.1) is 6.54 Å². The van der Waals surface area contributed by atoms with Crippen LogP contribution in [-0.2, 0) is 0 Å². The van der Waals surface area contributed by atoms with Crippen LogP contribution in [0.5, 0.6) is 11.5 Å². The Bertz CT molecular complexity index is 390. The van der Waals surface area contributed by atoms with Crippen LogP contribution >= 0.6 is 11.8 Å². The van der Waals surface area contributed by atoms with Gasteiger partial charge in [0.25, 0.3) is 0 Å². The second-order valence-electron chi connectivity index (χ2n) is 3.00. The Hall–Kier alpha value is -1.16. The van der Waals surface area contributed by atoms with Gasteiger partial charge in [-0.2, -0.15) is 0 Å². The predicted octanol–water partition coefficient (Wildman–Crippen LogP) is 2.36. The van der Waals surface area contributed by atoms with Gasteiger partial charge < -0.3 is 9.47 Å². The van der Waals surface area contributed by atoms with Crippen LogP contribution in [0.1, 0.15) is 5.56 Å². The zero-order chi connectivity index (χ0) is 10.7. The van der Waals surface area contributed by atoms with Gasteiger partial charge in [-0.05, 0) is 18.2 Å². The molecule has 0 atom stereocenters. The molecule has 3 nitrogen and oxygen atoms in total. The maximum absolute atomic E-state index is 5.24. The molecule has 0 fully saturated rings. The minimum Gasteiger partial charge on any atom is -0.493 e. The molecule has 0 saturated heterocycles. The van der Waals surface area contributed by atoms with Crippen LogP contribution in [0.4, 0.5) is 0 Å². The quantitative estimate of drug-likeness (QED) is 0.786. The summed E-state index contributed by atoms with van der Waals surface area (Å²) in [6, 6.07) is 5.84. The van der Waals surface area contributed by atoms with Gasteiger partial charge in [0.15, 0.2) is 11.5 Å². The fourth-order valence-corrected chi connectivity index (χ4v) is 2.15. The van der Waals surface area contributed by atoms with Crippen molar-refractivity contribution in [2.75, 3.05) is 20.0 Å². The van der Waals surface area contributed by atoms with E-state index in [0.717, 1.165) is 27.9 Å². The lowest BCUT2D eigenvalue weighted by Gasteiger charge is -2.08. The first kappa shape index (κ1) is 10.4. The van der Waals surface area contributed by atoms with Crippen LogP contribution in [0.25, 0.3) is 0 Å². The number of rotatable bonds is 3. The first-order valence-electron chi connectivity index (χ1n) is 4.60. The molecule has 0 aliphatic carbocycles. The van der Waals surface area contributed by atoms with Crippen molar-refractivity contribution in [1.29, 1.82) is 0 Å². The van der Waals surface area contributed by atoms with E-state index in [1.165, 1.54) is 0 Å². The lowest BCUT2D eigenvalue weighted by atomic mass is 10.2. The van der Waals surface area contributed by atoms with Crippen molar-refractivity contribution in [3.05, 3.63) is 30.3 Å². The standard InChI is InChI=1S/C11H12NO2S/c1-13-9-4-3-8(7-10(9)14-2)11-12-5-6-15-11/h3-5,7H,6H2,1-2H3. The molecular weight excluding hydrogens is 210 g/mol. The van der Waals surface area contributed by atoms with Crippen LogP contribution in [0.15, 0.2) is 23.2 Å². The Balaban J connectivity index is 2.34. The molecule has 1 aromatic rings. The third-order valence-electron chi connectivity index (χ3n) is 2.13. The number of benzene rings is 1. The van der Waals surface area contributed by atoms with Gasteiger partial charge in [-0.1, -0.05) is 0 Å². The Kier molecular flexibility index (Phi) is 3.16. The summed E-state index contributed by atoms with van der Waals surface area (Å²) in [5, 5.41) is 1.04. The molecule has 79 valence electrons. The Morgan fingerprint density at radius 1 is 1.20 bits per heavy atom. The normalized spacial score (nSPS) is 14.9. The van der Waals surface area contributed by atoms with E-state index >= 15 is 0 Å². The summed E-state index contributed by atoms with van der Waals surface area (Å²) in [4.78, 5) is 4.30. The van der Waals surface area contributed by atoms with Crippen LogP contribution < -0.4 is 9.47 Å². The van der Waals surface area contributed by atoms with Crippen molar-refractivity contribution >= 4 is 16.8 Å². The predicted molar refractivity (Wildman–Crippen MR) is 62.8 cm³/mol. The molecule has 0 spiro atoms. The molecule has 4 heteroatoms. The highest BCUT2D eigenvalue weighted by Crippen LogP contribution is 2.30. The summed E-state index contributed by atoms with van der Waals surface area (Å²) in [5.41, 5.74) is 1.08. The van der Waals surface area contributed by atoms with E-state index in [4.69, 9.17) is 9.47 Å². The SMILES string of the molecule is COc1ccc(C2=N[CH]CS2)cc1OC. The zero-order valence-corrected chi connectivity index (χ0v) is 9.50. The van der Waals surface area contributed by atoms with Gasteiger partial charge >= 0.3 is 0 Å². The van der Waals surface area contributed by atoms with E-state index in [9.17, 15) is 0 Å². The van der Waals surface area contributed by atoms with E-state index in [1.807, 2.05) is 24.7 Å². The summed E-state index contributed by atoms with van der Waals surface area (Å²) in [6.45, 7) is 1.91. The molecule has 1 aliphatic rings. The second kappa shape index (κ2) is 4.57. The maximum Gasteiger partial charge on any atom is 0.161 e. The van der Waals surface area contributed by atoms with Gasteiger partial charge in [0, 0.05) is 11.3 Å². The number of thioether (sulfide) groups is 1. The number of hydrogen-bond donors (Lipinski definition) is 0. The second-order valence-corrected chi connectivity index (χ2v) is 4.01. The highest BCUT2D eigenvalue weighted by molar-refractivity contribution is 8.14. The molecule has 1 radical (unpaired) electrons.